The zero-order chi connectivity index (χ0) is 28.4. The zero-order valence-corrected chi connectivity index (χ0v) is 23.5. The third kappa shape index (κ3) is 5.49. The number of carbonyl (C=O) groups is 1. The molecule has 1 saturated heterocycles. The Morgan fingerprint density at radius 2 is 1.85 bits per heavy atom. The smallest absolute Gasteiger partial charge is 0.337 e. The lowest BCUT2D eigenvalue weighted by Crippen LogP contribution is -2.29. The van der Waals surface area contributed by atoms with Crippen molar-refractivity contribution in [1.29, 1.82) is 0 Å². The van der Waals surface area contributed by atoms with E-state index in [1.807, 2.05) is 35.2 Å². The first-order chi connectivity index (χ1) is 19.2. The summed E-state index contributed by atoms with van der Waals surface area (Å²) >= 11 is 5.78. The molecular formula is C28H26N4O6S2. The Kier molecular flexibility index (Phi) is 7.46. The largest absolute Gasteiger partial charge is 0.494 e. The number of thiocarbonyl (C=S) groups is 1. The lowest BCUT2D eigenvalue weighted by atomic mass is 10.0. The van der Waals surface area contributed by atoms with E-state index in [9.17, 15) is 13.2 Å². The first-order valence-corrected chi connectivity index (χ1v) is 14.4. The van der Waals surface area contributed by atoms with Crippen LogP contribution in [0.5, 0.6) is 5.75 Å². The van der Waals surface area contributed by atoms with Crippen LogP contribution in [-0.2, 0) is 14.8 Å². The SMILES string of the molecule is COC(=O)c1ccc(-c2ccc(C3C(c4ccccn4)NC(=S)N3c3ccc(NS(C)(=O)=O)c(OC)c3)o2)cc1. The molecule has 0 bridgehead atoms. The van der Waals surface area contributed by atoms with Crippen molar-refractivity contribution in [2.24, 2.45) is 0 Å². The number of methoxy groups -OCH3 is 2. The van der Waals surface area contributed by atoms with Gasteiger partial charge in [-0.05, 0) is 60.7 Å². The maximum absolute atomic E-state index is 11.8. The molecule has 1 aliphatic rings. The van der Waals surface area contributed by atoms with E-state index in [0.29, 0.717) is 39.3 Å². The molecule has 0 amide bonds. The van der Waals surface area contributed by atoms with Crippen LogP contribution in [-0.4, -0.2) is 45.0 Å². The van der Waals surface area contributed by atoms with Gasteiger partial charge in [-0.25, -0.2) is 13.2 Å². The van der Waals surface area contributed by atoms with E-state index in [-0.39, 0.29) is 6.04 Å². The van der Waals surface area contributed by atoms with Gasteiger partial charge >= 0.3 is 5.97 Å². The summed E-state index contributed by atoms with van der Waals surface area (Å²) in [6.45, 7) is 0. The number of ether oxygens (including phenoxy) is 2. The fourth-order valence-corrected chi connectivity index (χ4v) is 5.51. The van der Waals surface area contributed by atoms with Crippen molar-refractivity contribution in [2.75, 3.05) is 30.1 Å². The van der Waals surface area contributed by atoms with E-state index in [2.05, 4.69) is 15.0 Å². The first-order valence-electron chi connectivity index (χ1n) is 12.1. The van der Waals surface area contributed by atoms with Crippen LogP contribution in [0.4, 0.5) is 11.4 Å². The number of sulfonamides is 1. The third-order valence-electron chi connectivity index (χ3n) is 6.37. The second kappa shape index (κ2) is 11.0. The van der Waals surface area contributed by atoms with Gasteiger partial charge in [0.2, 0.25) is 10.0 Å². The maximum Gasteiger partial charge on any atom is 0.337 e. The number of carbonyl (C=O) groups excluding carboxylic acids is 1. The van der Waals surface area contributed by atoms with Gasteiger partial charge in [0.05, 0.1) is 43.5 Å². The van der Waals surface area contributed by atoms with Gasteiger partial charge in [0.15, 0.2) is 5.11 Å². The molecule has 206 valence electrons. The molecular weight excluding hydrogens is 552 g/mol. The maximum atomic E-state index is 11.8. The van der Waals surface area contributed by atoms with E-state index in [4.69, 9.17) is 26.1 Å². The predicted octanol–water partition coefficient (Wildman–Crippen LogP) is 4.69. The number of rotatable bonds is 8. The second-order valence-corrected chi connectivity index (χ2v) is 11.2. The Morgan fingerprint density at radius 3 is 2.50 bits per heavy atom. The Hall–Kier alpha value is -4.42. The highest BCUT2D eigenvalue weighted by atomic mass is 32.2. The molecule has 2 atom stereocenters. The van der Waals surface area contributed by atoms with Gasteiger partial charge in [-0.15, -0.1) is 0 Å². The molecule has 0 radical (unpaired) electrons. The van der Waals surface area contributed by atoms with Crippen molar-refractivity contribution in [3.8, 4) is 17.1 Å². The van der Waals surface area contributed by atoms with Crippen molar-refractivity contribution in [1.82, 2.24) is 10.3 Å². The van der Waals surface area contributed by atoms with Crippen LogP contribution in [0.25, 0.3) is 11.3 Å². The first kappa shape index (κ1) is 27.2. The van der Waals surface area contributed by atoms with Crippen LogP contribution in [0.1, 0.15) is 33.9 Å². The standard InChI is InChI=1S/C28H26N4O6S2/c1-36-24-16-19(11-12-20(24)31-40(3,34)35)32-26(25(30-28(32)39)21-6-4-5-15-29-21)23-14-13-22(38-23)17-7-9-18(10-8-17)27(33)37-2/h4-16,25-26,31H,1-3H3,(H,30,39). The summed E-state index contributed by atoms with van der Waals surface area (Å²) in [6, 6.07) is 20.6. The summed E-state index contributed by atoms with van der Waals surface area (Å²) in [7, 11) is -0.713. The van der Waals surface area contributed by atoms with E-state index >= 15 is 0 Å². The Labute approximate surface area is 237 Å². The molecule has 40 heavy (non-hydrogen) atoms. The van der Waals surface area contributed by atoms with Crippen molar-refractivity contribution in [3.05, 3.63) is 96.0 Å². The highest BCUT2D eigenvalue weighted by Crippen LogP contribution is 2.44. The van der Waals surface area contributed by atoms with Crippen LogP contribution in [0.15, 0.2) is 83.4 Å². The van der Waals surface area contributed by atoms with Gasteiger partial charge in [0.25, 0.3) is 0 Å². The number of esters is 1. The van der Waals surface area contributed by atoms with Crippen LogP contribution < -0.4 is 19.7 Å². The molecule has 2 unspecified atom stereocenters. The van der Waals surface area contributed by atoms with Crippen LogP contribution >= 0.6 is 12.2 Å². The number of anilines is 2. The quantitative estimate of drug-likeness (QED) is 0.225. The summed E-state index contributed by atoms with van der Waals surface area (Å²) in [5.41, 5.74) is 2.95. The topological polar surface area (TPSA) is 123 Å². The van der Waals surface area contributed by atoms with Crippen molar-refractivity contribution < 1.29 is 27.1 Å². The molecule has 1 aliphatic heterocycles. The summed E-state index contributed by atoms with van der Waals surface area (Å²) < 4.78 is 42.8. The van der Waals surface area contributed by atoms with E-state index in [1.54, 1.807) is 48.7 Å². The highest BCUT2D eigenvalue weighted by molar-refractivity contribution is 7.92. The highest BCUT2D eigenvalue weighted by Gasteiger charge is 2.43. The summed E-state index contributed by atoms with van der Waals surface area (Å²) in [5.74, 6) is 1.14. The lowest BCUT2D eigenvalue weighted by Gasteiger charge is -2.27. The lowest BCUT2D eigenvalue weighted by molar-refractivity contribution is 0.0600. The number of hydrogen-bond donors (Lipinski definition) is 2. The summed E-state index contributed by atoms with van der Waals surface area (Å²) in [5, 5.41) is 3.80. The molecule has 10 nitrogen and oxygen atoms in total. The van der Waals surface area contributed by atoms with Gasteiger partial charge in [-0.2, -0.15) is 0 Å². The number of hydrogen-bond acceptors (Lipinski definition) is 8. The summed E-state index contributed by atoms with van der Waals surface area (Å²) in [4.78, 5) is 18.3. The second-order valence-electron chi connectivity index (χ2n) is 9.03. The van der Waals surface area contributed by atoms with Gasteiger partial charge in [-0.1, -0.05) is 18.2 Å². The monoisotopic (exact) mass is 578 g/mol. The average Bonchev–Trinajstić information content (AvgIpc) is 3.57. The molecule has 2 aromatic heterocycles. The Balaban J connectivity index is 1.56. The molecule has 0 saturated carbocycles. The Bertz CT molecular complexity index is 1660. The van der Waals surface area contributed by atoms with E-state index in [0.717, 1.165) is 17.5 Å². The molecule has 1 fully saturated rings. The molecule has 0 spiro atoms. The molecule has 4 aromatic rings. The Morgan fingerprint density at radius 1 is 1.07 bits per heavy atom. The van der Waals surface area contributed by atoms with Crippen LogP contribution in [0.3, 0.4) is 0 Å². The van der Waals surface area contributed by atoms with Gasteiger partial charge < -0.3 is 24.1 Å². The average molecular weight is 579 g/mol. The minimum atomic E-state index is -3.51. The van der Waals surface area contributed by atoms with Crippen molar-refractivity contribution >= 4 is 44.7 Å². The van der Waals surface area contributed by atoms with Crippen LogP contribution in [0.2, 0.25) is 0 Å². The van der Waals surface area contributed by atoms with Crippen molar-refractivity contribution in [2.45, 2.75) is 12.1 Å². The number of pyridine rings is 1. The van der Waals surface area contributed by atoms with Crippen molar-refractivity contribution in [3.63, 3.8) is 0 Å². The number of benzene rings is 2. The fraction of sp³-hybridized carbons (Fsp3) is 0.179. The molecule has 5 rings (SSSR count). The molecule has 0 aliphatic carbocycles. The summed E-state index contributed by atoms with van der Waals surface area (Å²) in [6.07, 6.45) is 2.79. The third-order valence-corrected chi connectivity index (χ3v) is 7.27. The number of furan rings is 1. The van der Waals surface area contributed by atoms with Gasteiger partial charge in [0.1, 0.15) is 23.3 Å². The number of nitrogens with zero attached hydrogens (tertiary/aromatic N) is 2. The number of aromatic nitrogens is 1. The minimum Gasteiger partial charge on any atom is -0.494 e. The normalized spacial score (nSPS) is 16.9. The van der Waals surface area contributed by atoms with Crippen LogP contribution in [0, 0.1) is 0 Å². The minimum absolute atomic E-state index is 0.306. The number of nitrogens with one attached hydrogen (secondary N) is 2. The zero-order valence-electron chi connectivity index (χ0n) is 21.8. The molecule has 12 heteroatoms. The predicted molar refractivity (Wildman–Crippen MR) is 155 cm³/mol. The van der Waals surface area contributed by atoms with Gasteiger partial charge in [0, 0.05) is 23.5 Å². The van der Waals surface area contributed by atoms with Gasteiger partial charge in [-0.3, -0.25) is 9.71 Å². The molecule has 2 N–H and O–H groups in total. The molecule has 3 heterocycles. The van der Waals surface area contributed by atoms with E-state index in [1.165, 1.54) is 14.2 Å². The molecule has 2 aromatic carbocycles. The van der Waals surface area contributed by atoms with E-state index < -0.39 is 22.0 Å². The fourth-order valence-electron chi connectivity index (χ4n) is 4.59.